The van der Waals surface area contributed by atoms with E-state index in [0.717, 1.165) is 23.5 Å². The highest BCUT2D eigenvalue weighted by Crippen LogP contribution is 2.19. The SMILES string of the molecule is CCNc1cccc(-c2ccccn2)c1. The number of hydrogen-bond donors (Lipinski definition) is 1. The van der Waals surface area contributed by atoms with Gasteiger partial charge in [0.2, 0.25) is 0 Å². The molecule has 1 heterocycles. The van der Waals surface area contributed by atoms with E-state index in [-0.39, 0.29) is 0 Å². The van der Waals surface area contributed by atoms with Gasteiger partial charge in [0.15, 0.2) is 0 Å². The van der Waals surface area contributed by atoms with Crippen molar-refractivity contribution in [3.63, 3.8) is 0 Å². The fourth-order valence-electron chi connectivity index (χ4n) is 1.53. The molecule has 1 aromatic heterocycles. The molecule has 0 fully saturated rings. The Balaban J connectivity index is 2.33. The van der Waals surface area contributed by atoms with Gasteiger partial charge in [-0.3, -0.25) is 4.98 Å². The summed E-state index contributed by atoms with van der Waals surface area (Å²) in [5, 5.41) is 3.29. The quantitative estimate of drug-likeness (QED) is 0.819. The predicted octanol–water partition coefficient (Wildman–Crippen LogP) is 3.18. The van der Waals surface area contributed by atoms with E-state index in [0.29, 0.717) is 0 Å². The van der Waals surface area contributed by atoms with Crippen molar-refractivity contribution in [1.29, 1.82) is 0 Å². The van der Waals surface area contributed by atoms with Gasteiger partial charge in [0.25, 0.3) is 0 Å². The van der Waals surface area contributed by atoms with E-state index in [9.17, 15) is 0 Å². The Morgan fingerprint density at radius 2 is 2.07 bits per heavy atom. The van der Waals surface area contributed by atoms with Crippen LogP contribution in [0.1, 0.15) is 6.92 Å². The fourth-order valence-corrected chi connectivity index (χ4v) is 1.53. The van der Waals surface area contributed by atoms with Crippen molar-refractivity contribution in [2.24, 2.45) is 0 Å². The zero-order valence-corrected chi connectivity index (χ0v) is 8.77. The molecule has 0 aliphatic carbocycles. The van der Waals surface area contributed by atoms with Crippen LogP contribution in [0.25, 0.3) is 11.3 Å². The van der Waals surface area contributed by atoms with E-state index < -0.39 is 0 Å². The van der Waals surface area contributed by atoms with Crippen LogP contribution in [0.2, 0.25) is 0 Å². The van der Waals surface area contributed by atoms with Gasteiger partial charge in [-0.05, 0) is 31.2 Å². The van der Waals surface area contributed by atoms with Crippen LogP contribution in [0, 0.1) is 0 Å². The number of aromatic nitrogens is 1. The number of nitrogens with zero attached hydrogens (tertiary/aromatic N) is 1. The number of benzene rings is 1. The van der Waals surface area contributed by atoms with Gasteiger partial charge in [0.1, 0.15) is 0 Å². The maximum Gasteiger partial charge on any atom is 0.0702 e. The molecule has 0 radical (unpaired) electrons. The first kappa shape index (κ1) is 9.71. The van der Waals surface area contributed by atoms with Gasteiger partial charge in [0, 0.05) is 24.0 Å². The molecule has 0 amide bonds. The van der Waals surface area contributed by atoms with Gasteiger partial charge < -0.3 is 5.32 Å². The Bertz CT molecular complexity index is 424. The largest absolute Gasteiger partial charge is 0.385 e. The molecule has 2 heteroatoms. The van der Waals surface area contributed by atoms with E-state index in [1.54, 1.807) is 0 Å². The molecule has 0 bridgehead atoms. The molecular weight excluding hydrogens is 184 g/mol. The van der Waals surface area contributed by atoms with Crippen LogP contribution in [-0.4, -0.2) is 11.5 Å². The van der Waals surface area contributed by atoms with Gasteiger partial charge in [-0.1, -0.05) is 18.2 Å². The highest BCUT2D eigenvalue weighted by atomic mass is 14.8. The number of rotatable bonds is 3. The summed E-state index contributed by atoms with van der Waals surface area (Å²) in [6.45, 7) is 3.03. The van der Waals surface area contributed by atoms with E-state index in [1.807, 2.05) is 30.5 Å². The van der Waals surface area contributed by atoms with Gasteiger partial charge in [-0.15, -0.1) is 0 Å². The summed E-state index contributed by atoms with van der Waals surface area (Å²) in [6.07, 6.45) is 1.81. The molecular formula is C13H14N2. The predicted molar refractivity (Wildman–Crippen MR) is 63.8 cm³/mol. The lowest BCUT2D eigenvalue weighted by molar-refractivity contribution is 1.21. The molecule has 0 aliphatic heterocycles. The molecule has 15 heavy (non-hydrogen) atoms. The molecule has 0 saturated heterocycles. The van der Waals surface area contributed by atoms with Crippen LogP contribution in [0.4, 0.5) is 5.69 Å². The third kappa shape index (κ3) is 2.34. The second-order valence-corrected chi connectivity index (χ2v) is 3.33. The molecule has 2 rings (SSSR count). The zero-order chi connectivity index (χ0) is 10.5. The number of nitrogens with one attached hydrogen (secondary N) is 1. The van der Waals surface area contributed by atoms with Crippen molar-refractivity contribution in [2.75, 3.05) is 11.9 Å². The van der Waals surface area contributed by atoms with E-state index in [1.165, 1.54) is 0 Å². The Morgan fingerprint density at radius 1 is 1.13 bits per heavy atom. The maximum atomic E-state index is 4.32. The first-order valence-corrected chi connectivity index (χ1v) is 5.15. The van der Waals surface area contributed by atoms with E-state index in [2.05, 4.69) is 35.4 Å². The van der Waals surface area contributed by atoms with Crippen LogP contribution < -0.4 is 5.32 Å². The second-order valence-electron chi connectivity index (χ2n) is 3.33. The molecule has 76 valence electrons. The third-order valence-corrected chi connectivity index (χ3v) is 2.20. The summed E-state index contributed by atoms with van der Waals surface area (Å²) in [5.74, 6) is 0. The van der Waals surface area contributed by atoms with Crippen LogP contribution in [0.5, 0.6) is 0 Å². The summed E-state index contributed by atoms with van der Waals surface area (Å²) < 4.78 is 0. The zero-order valence-electron chi connectivity index (χ0n) is 8.77. The van der Waals surface area contributed by atoms with Crippen molar-refractivity contribution in [1.82, 2.24) is 4.98 Å². The minimum absolute atomic E-state index is 0.936. The summed E-state index contributed by atoms with van der Waals surface area (Å²) in [4.78, 5) is 4.32. The maximum absolute atomic E-state index is 4.32. The van der Waals surface area contributed by atoms with Gasteiger partial charge in [-0.25, -0.2) is 0 Å². The molecule has 2 nitrogen and oxygen atoms in total. The summed E-state index contributed by atoms with van der Waals surface area (Å²) >= 11 is 0. The standard InChI is InChI=1S/C13H14N2/c1-2-14-12-7-5-6-11(10-12)13-8-3-4-9-15-13/h3-10,14H,2H2,1H3. The topological polar surface area (TPSA) is 24.9 Å². The van der Waals surface area contributed by atoms with Crippen molar-refractivity contribution < 1.29 is 0 Å². The summed E-state index contributed by atoms with van der Waals surface area (Å²) in [7, 11) is 0. The number of pyridine rings is 1. The van der Waals surface area contributed by atoms with E-state index in [4.69, 9.17) is 0 Å². The number of hydrogen-bond acceptors (Lipinski definition) is 2. The van der Waals surface area contributed by atoms with Crippen molar-refractivity contribution in [2.45, 2.75) is 6.92 Å². The smallest absolute Gasteiger partial charge is 0.0702 e. The molecule has 2 aromatic rings. The van der Waals surface area contributed by atoms with Crippen LogP contribution in [0.3, 0.4) is 0 Å². The highest BCUT2D eigenvalue weighted by Gasteiger charge is 1.98. The Hall–Kier alpha value is -1.83. The Morgan fingerprint density at radius 3 is 2.80 bits per heavy atom. The number of anilines is 1. The average Bonchev–Trinajstić information content (AvgIpc) is 2.31. The molecule has 0 atom stereocenters. The fraction of sp³-hybridized carbons (Fsp3) is 0.154. The van der Waals surface area contributed by atoms with Crippen molar-refractivity contribution >= 4 is 5.69 Å². The van der Waals surface area contributed by atoms with E-state index >= 15 is 0 Å². The molecule has 1 N–H and O–H groups in total. The minimum Gasteiger partial charge on any atom is -0.385 e. The van der Waals surface area contributed by atoms with Crippen LogP contribution >= 0.6 is 0 Å². The lowest BCUT2D eigenvalue weighted by atomic mass is 10.1. The van der Waals surface area contributed by atoms with Crippen molar-refractivity contribution in [3.8, 4) is 11.3 Å². The van der Waals surface area contributed by atoms with Gasteiger partial charge in [-0.2, -0.15) is 0 Å². The molecule has 0 spiro atoms. The highest BCUT2D eigenvalue weighted by molar-refractivity contribution is 5.64. The summed E-state index contributed by atoms with van der Waals surface area (Å²) in [5.41, 5.74) is 3.30. The third-order valence-electron chi connectivity index (χ3n) is 2.20. The van der Waals surface area contributed by atoms with Crippen LogP contribution in [0.15, 0.2) is 48.7 Å². The monoisotopic (exact) mass is 198 g/mol. The molecule has 1 aromatic carbocycles. The second kappa shape index (κ2) is 4.60. The van der Waals surface area contributed by atoms with Gasteiger partial charge in [0.05, 0.1) is 5.69 Å². The first-order chi connectivity index (χ1) is 7.40. The van der Waals surface area contributed by atoms with Crippen LogP contribution in [-0.2, 0) is 0 Å². The molecule has 0 saturated carbocycles. The lowest BCUT2D eigenvalue weighted by Crippen LogP contribution is -1.96. The Labute approximate surface area is 90.0 Å². The average molecular weight is 198 g/mol. The normalized spacial score (nSPS) is 9.93. The first-order valence-electron chi connectivity index (χ1n) is 5.15. The minimum atomic E-state index is 0.936. The van der Waals surface area contributed by atoms with Gasteiger partial charge >= 0.3 is 0 Å². The molecule has 0 aliphatic rings. The Kier molecular flexibility index (Phi) is 2.98. The lowest BCUT2D eigenvalue weighted by Gasteiger charge is -2.05. The van der Waals surface area contributed by atoms with Crippen molar-refractivity contribution in [3.05, 3.63) is 48.7 Å². The molecule has 0 unspecified atom stereocenters. The summed E-state index contributed by atoms with van der Waals surface area (Å²) in [6, 6.07) is 14.2.